The molecule has 2 atom stereocenters. The highest BCUT2D eigenvalue weighted by Gasteiger charge is 2.33. The van der Waals surface area contributed by atoms with Gasteiger partial charge in [-0.15, -0.1) is 0 Å². The molecule has 12 heavy (non-hydrogen) atoms. The third kappa shape index (κ3) is 1.38. The van der Waals surface area contributed by atoms with Crippen LogP contribution in [-0.4, -0.2) is 49.1 Å². The Morgan fingerprint density at radius 3 is 1.50 bits per heavy atom. The van der Waals surface area contributed by atoms with Crippen molar-refractivity contribution in [2.24, 2.45) is 0 Å². The van der Waals surface area contributed by atoms with Gasteiger partial charge < -0.3 is 9.80 Å². The summed E-state index contributed by atoms with van der Waals surface area (Å²) in [6.45, 7) is 2.63. The summed E-state index contributed by atoms with van der Waals surface area (Å²) < 4.78 is 0. The molecule has 1 unspecified atom stereocenters. The monoisotopic (exact) mass is 168 g/mol. The Kier molecular flexibility index (Phi) is 2.37. The van der Waals surface area contributed by atoms with Crippen LogP contribution in [0.5, 0.6) is 0 Å². The fourth-order valence-electron chi connectivity index (χ4n) is 2.84. The van der Waals surface area contributed by atoms with Crippen molar-refractivity contribution in [3.63, 3.8) is 0 Å². The maximum Gasteiger partial charge on any atom is 0.0248 e. The molecule has 0 N–H and O–H groups in total. The molecule has 0 aromatic rings. The number of nitrogens with zero attached hydrogens (tertiary/aromatic N) is 2. The van der Waals surface area contributed by atoms with Gasteiger partial charge in [-0.2, -0.15) is 0 Å². The molecule has 70 valence electrons. The standard InChI is InChI=1S/C10H20N2/c1-11-7-3-5-9(11)10-6-4-8-12(10)2/h9-10H,3-8H2,1-2H3/t9-,10?/m0/s1. The minimum absolute atomic E-state index is 0.859. The van der Waals surface area contributed by atoms with Crippen LogP contribution in [0, 0.1) is 0 Å². The Morgan fingerprint density at radius 1 is 0.833 bits per heavy atom. The molecule has 2 heteroatoms. The number of likely N-dealkylation sites (tertiary alicyclic amines) is 2. The molecular weight excluding hydrogens is 148 g/mol. The molecule has 0 aromatic carbocycles. The maximum absolute atomic E-state index is 2.55. The van der Waals surface area contributed by atoms with Gasteiger partial charge in [0.05, 0.1) is 0 Å². The Balaban J connectivity index is 1.98. The molecule has 2 nitrogen and oxygen atoms in total. The Hall–Kier alpha value is -0.0800. The highest BCUT2D eigenvalue weighted by molar-refractivity contribution is 4.91. The highest BCUT2D eigenvalue weighted by atomic mass is 15.2. The Bertz CT molecular complexity index is 140. The van der Waals surface area contributed by atoms with Gasteiger partial charge in [-0.1, -0.05) is 0 Å². The molecule has 2 aliphatic heterocycles. The van der Waals surface area contributed by atoms with Crippen molar-refractivity contribution in [3.05, 3.63) is 0 Å². The number of hydrogen-bond acceptors (Lipinski definition) is 2. The van der Waals surface area contributed by atoms with Crippen LogP contribution in [0.4, 0.5) is 0 Å². The number of likely N-dealkylation sites (N-methyl/N-ethyl adjacent to an activating group) is 2. The highest BCUT2D eigenvalue weighted by Crippen LogP contribution is 2.27. The number of hydrogen-bond donors (Lipinski definition) is 0. The van der Waals surface area contributed by atoms with Gasteiger partial charge in [-0.3, -0.25) is 0 Å². The van der Waals surface area contributed by atoms with Gasteiger partial charge in [0.1, 0.15) is 0 Å². The molecule has 0 radical (unpaired) electrons. The van der Waals surface area contributed by atoms with Crippen LogP contribution in [0.3, 0.4) is 0 Å². The summed E-state index contributed by atoms with van der Waals surface area (Å²) in [6.07, 6.45) is 5.66. The Labute approximate surface area is 75.5 Å². The van der Waals surface area contributed by atoms with Crippen molar-refractivity contribution >= 4 is 0 Å². The van der Waals surface area contributed by atoms with E-state index in [2.05, 4.69) is 23.9 Å². The molecular formula is C10H20N2. The molecule has 0 saturated carbocycles. The van der Waals surface area contributed by atoms with Crippen LogP contribution >= 0.6 is 0 Å². The van der Waals surface area contributed by atoms with Crippen molar-refractivity contribution in [2.45, 2.75) is 37.8 Å². The zero-order chi connectivity index (χ0) is 8.55. The van der Waals surface area contributed by atoms with E-state index in [1.165, 1.54) is 38.8 Å². The van der Waals surface area contributed by atoms with Crippen molar-refractivity contribution in [3.8, 4) is 0 Å². The minimum Gasteiger partial charge on any atom is -0.302 e. The van der Waals surface area contributed by atoms with Crippen LogP contribution in [0.2, 0.25) is 0 Å². The summed E-state index contributed by atoms with van der Waals surface area (Å²) in [6, 6.07) is 1.72. The van der Waals surface area contributed by atoms with E-state index in [9.17, 15) is 0 Å². The van der Waals surface area contributed by atoms with Crippen molar-refractivity contribution in [1.29, 1.82) is 0 Å². The molecule has 0 amide bonds. The first-order chi connectivity index (χ1) is 5.79. The second-order valence-corrected chi connectivity index (χ2v) is 4.38. The zero-order valence-corrected chi connectivity index (χ0v) is 8.29. The van der Waals surface area contributed by atoms with E-state index >= 15 is 0 Å². The predicted octanol–water partition coefficient (Wildman–Crippen LogP) is 1.17. The quantitative estimate of drug-likeness (QED) is 0.580. The van der Waals surface area contributed by atoms with Gasteiger partial charge in [0, 0.05) is 12.1 Å². The third-order valence-electron chi connectivity index (χ3n) is 3.60. The SMILES string of the molecule is CN1CCCC1[C@@H]1CCCN1C. The molecule has 2 rings (SSSR count). The van der Waals surface area contributed by atoms with Crippen molar-refractivity contribution in [2.75, 3.05) is 27.2 Å². The van der Waals surface area contributed by atoms with Gasteiger partial charge in [0.2, 0.25) is 0 Å². The molecule has 0 aliphatic carbocycles. The first-order valence-electron chi connectivity index (χ1n) is 5.19. The van der Waals surface area contributed by atoms with E-state index in [4.69, 9.17) is 0 Å². The second-order valence-electron chi connectivity index (χ2n) is 4.38. The predicted molar refractivity (Wildman–Crippen MR) is 51.3 cm³/mol. The van der Waals surface area contributed by atoms with Gasteiger partial charge in [-0.05, 0) is 52.9 Å². The smallest absolute Gasteiger partial charge is 0.0248 e. The van der Waals surface area contributed by atoms with Gasteiger partial charge >= 0.3 is 0 Å². The lowest BCUT2D eigenvalue weighted by Crippen LogP contribution is -2.42. The third-order valence-corrected chi connectivity index (χ3v) is 3.60. The number of rotatable bonds is 1. The van der Waals surface area contributed by atoms with Gasteiger partial charge in [-0.25, -0.2) is 0 Å². The summed E-state index contributed by atoms with van der Waals surface area (Å²) in [5, 5.41) is 0. The molecule has 0 spiro atoms. The lowest BCUT2D eigenvalue weighted by Gasteiger charge is -2.30. The van der Waals surface area contributed by atoms with Crippen molar-refractivity contribution in [1.82, 2.24) is 9.80 Å². The first kappa shape index (κ1) is 8.52. The van der Waals surface area contributed by atoms with Crippen LogP contribution in [-0.2, 0) is 0 Å². The summed E-state index contributed by atoms with van der Waals surface area (Å²) in [5.74, 6) is 0. The summed E-state index contributed by atoms with van der Waals surface area (Å²) in [4.78, 5) is 5.10. The average molecular weight is 168 g/mol. The first-order valence-corrected chi connectivity index (χ1v) is 5.19. The average Bonchev–Trinajstić information content (AvgIpc) is 2.59. The minimum atomic E-state index is 0.859. The van der Waals surface area contributed by atoms with Crippen LogP contribution in [0.25, 0.3) is 0 Å². The van der Waals surface area contributed by atoms with E-state index in [1.807, 2.05) is 0 Å². The maximum atomic E-state index is 2.55. The fraction of sp³-hybridized carbons (Fsp3) is 1.00. The second kappa shape index (κ2) is 3.35. The van der Waals surface area contributed by atoms with Gasteiger partial charge in [0.15, 0.2) is 0 Å². The zero-order valence-electron chi connectivity index (χ0n) is 8.29. The van der Waals surface area contributed by atoms with Crippen LogP contribution < -0.4 is 0 Å². The molecule has 0 aromatic heterocycles. The molecule has 2 saturated heterocycles. The van der Waals surface area contributed by atoms with E-state index in [-0.39, 0.29) is 0 Å². The topological polar surface area (TPSA) is 6.48 Å². The van der Waals surface area contributed by atoms with E-state index in [1.54, 1.807) is 0 Å². The molecule has 2 fully saturated rings. The summed E-state index contributed by atoms with van der Waals surface area (Å²) >= 11 is 0. The fourth-order valence-corrected chi connectivity index (χ4v) is 2.84. The van der Waals surface area contributed by atoms with Crippen LogP contribution in [0.1, 0.15) is 25.7 Å². The van der Waals surface area contributed by atoms with E-state index < -0.39 is 0 Å². The largest absolute Gasteiger partial charge is 0.302 e. The normalized spacial score (nSPS) is 39.5. The van der Waals surface area contributed by atoms with Gasteiger partial charge in [0.25, 0.3) is 0 Å². The Morgan fingerprint density at radius 2 is 1.25 bits per heavy atom. The lowest BCUT2D eigenvalue weighted by molar-refractivity contribution is 0.176. The molecule has 2 aliphatic rings. The van der Waals surface area contributed by atoms with E-state index in [0.29, 0.717) is 0 Å². The lowest BCUT2D eigenvalue weighted by atomic mass is 10.0. The summed E-state index contributed by atoms with van der Waals surface area (Å²) in [7, 11) is 4.56. The van der Waals surface area contributed by atoms with E-state index in [0.717, 1.165) is 12.1 Å². The molecule has 2 heterocycles. The molecule has 0 bridgehead atoms. The van der Waals surface area contributed by atoms with Crippen molar-refractivity contribution < 1.29 is 0 Å². The summed E-state index contributed by atoms with van der Waals surface area (Å²) in [5.41, 5.74) is 0. The van der Waals surface area contributed by atoms with Crippen LogP contribution in [0.15, 0.2) is 0 Å².